The highest BCUT2D eigenvalue weighted by Gasteiger charge is 2.57. The molecule has 1 aromatic heterocycles. The van der Waals surface area contributed by atoms with Crippen LogP contribution in [0.25, 0.3) is 0 Å². The number of halogens is 3. The van der Waals surface area contributed by atoms with Crippen molar-refractivity contribution in [3.05, 3.63) is 41.6 Å². The zero-order valence-corrected chi connectivity index (χ0v) is 20.9. The van der Waals surface area contributed by atoms with Gasteiger partial charge in [0.15, 0.2) is 0 Å². The fourth-order valence-electron chi connectivity index (χ4n) is 7.71. The van der Waals surface area contributed by atoms with Gasteiger partial charge in [-0.1, -0.05) is 18.2 Å². The van der Waals surface area contributed by atoms with Crippen LogP contribution in [0.5, 0.6) is 5.75 Å². The highest BCUT2D eigenvalue weighted by Crippen LogP contribution is 2.61. The molecule has 2 atom stereocenters. The second-order valence-electron chi connectivity index (χ2n) is 11.5. The molecule has 0 spiro atoms. The maximum atomic E-state index is 12.8. The molecule has 1 aliphatic heterocycles. The summed E-state index contributed by atoms with van der Waals surface area (Å²) in [6, 6.07) is 8.63. The predicted molar refractivity (Wildman–Crippen MR) is 133 cm³/mol. The Balaban J connectivity index is 1.13. The fraction of sp³-hybridized carbons (Fsp3) is 0.593. The lowest BCUT2D eigenvalue weighted by molar-refractivity contribution is -0.274. The number of nitrogens with one attached hydrogen (secondary N) is 2. The van der Waals surface area contributed by atoms with Crippen molar-refractivity contribution in [1.29, 1.82) is 5.26 Å². The van der Waals surface area contributed by atoms with E-state index >= 15 is 0 Å². The third-order valence-electron chi connectivity index (χ3n) is 8.84. The van der Waals surface area contributed by atoms with Gasteiger partial charge in [-0.2, -0.15) is 10.2 Å². The van der Waals surface area contributed by atoms with E-state index in [2.05, 4.69) is 36.3 Å². The molecule has 5 aliphatic rings. The summed E-state index contributed by atoms with van der Waals surface area (Å²) in [5, 5.41) is 25.9. The first kappa shape index (κ1) is 25.2. The minimum Gasteiger partial charge on any atom is -0.405 e. The van der Waals surface area contributed by atoms with Crippen LogP contribution in [0.3, 0.4) is 0 Å². The Labute approximate surface area is 219 Å². The van der Waals surface area contributed by atoms with Crippen LogP contribution in [0.4, 0.5) is 24.9 Å². The summed E-state index contributed by atoms with van der Waals surface area (Å²) in [5.41, 5.74) is 0.800. The highest BCUT2D eigenvalue weighted by atomic mass is 19.4. The van der Waals surface area contributed by atoms with Crippen molar-refractivity contribution in [2.24, 2.45) is 23.2 Å². The lowest BCUT2D eigenvalue weighted by Crippen LogP contribution is -2.66. The number of para-hydroxylation sites is 1. The Morgan fingerprint density at radius 2 is 1.87 bits per heavy atom. The number of nitrogens with zero attached hydrogens (tertiary/aromatic N) is 4. The van der Waals surface area contributed by atoms with E-state index in [0.717, 1.165) is 38.4 Å². The molecule has 1 aromatic carbocycles. The Morgan fingerprint density at radius 1 is 1.13 bits per heavy atom. The topological polar surface area (TPSA) is 106 Å². The number of aliphatic hydroxyl groups excluding tert-OH is 1. The maximum Gasteiger partial charge on any atom is 0.573 e. The third-order valence-corrected chi connectivity index (χ3v) is 8.84. The van der Waals surface area contributed by atoms with Gasteiger partial charge in [0.1, 0.15) is 23.2 Å². The quantitative estimate of drug-likeness (QED) is 0.470. The minimum absolute atomic E-state index is 0.0269. The molecule has 7 rings (SSSR count). The molecule has 0 unspecified atom stereocenters. The smallest absolute Gasteiger partial charge is 0.405 e. The number of ether oxygens (including phenoxy) is 1. The second-order valence-corrected chi connectivity index (χ2v) is 11.5. The van der Waals surface area contributed by atoms with Crippen molar-refractivity contribution in [1.82, 2.24) is 14.9 Å². The van der Waals surface area contributed by atoms with Crippen LogP contribution in [-0.4, -0.2) is 58.1 Å². The van der Waals surface area contributed by atoms with Gasteiger partial charge in [0.05, 0.1) is 12.3 Å². The Bertz CT molecular complexity index is 1210. The summed E-state index contributed by atoms with van der Waals surface area (Å²) in [7, 11) is 0. The molecule has 4 saturated carbocycles. The molecule has 1 saturated heterocycles. The van der Waals surface area contributed by atoms with Crippen LogP contribution in [0.2, 0.25) is 0 Å². The summed E-state index contributed by atoms with van der Waals surface area (Å²) < 4.78 is 42.4. The van der Waals surface area contributed by atoms with Crippen LogP contribution >= 0.6 is 0 Å². The zero-order chi connectivity index (χ0) is 26.5. The molecule has 4 bridgehead atoms. The van der Waals surface area contributed by atoms with Gasteiger partial charge in [-0.25, -0.2) is 4.98 Å². The molecule has 8 nitrogen and oxygen atoms in total. The number of aromatic nitrogens is 2. The first-order valence-electron chi connectivity index (χ1n) is 13.2. The monoisotopic (exact) mass is 528 g/mol. The normalized spacial score (nSPS) is 30.5. The maximum absolute atomic E-state index is 12.8. The van der Waals surface area contributed by atoms with Crippen molar-refractivity contribution in [2.45, 2.75) is 57.2 Å². The van der Waals surface area contributed by atoms with E-state index in [1.54, 1.807) is 6.07 Å². The van der Waals surface area contributed by atoms with E-state index in [0.29, 0.717) is 34.8 Å². The summed E-state index contributed by atoms with van der Waals surface area (Å²) in [6.07, 6.45) is 2.44. The van der Waals surface area contributed by atoms with Crippen molar-refractivity contribution in [2.75, 3.05) is 30.3 Å². The lowest BCUT2D eigenvalue weighted by Gasteiger charge is -2.63. The van der Waals surface area contributed by atoms with Gasteiger partial charge in [-0.3, -0.25) is 4.90 Å². The number of likely N-dealkylation sites (tertiary alicyclic amines) is 1. The van der Waals surface area contributed by atoms with Crippen molar-refractivity contribution in [3.63, 3.8) is 0 Å². The molecule has 4 aliphatic carbocycles. The predicted octanol–water partition coefficient (Wildman–Crippen LogP) is 4.14. The standard InChI is InChI=1S/C27H31F3N6O2/c28-27(29,30)38-22-4-2-1-3-17(22)11-32-25-33-12-20(10-31)24(35-25)34-15-26-7-16-5-18(8-26)23(19(6-16)9-26)36-13-21(37)14-36/h1-4,12,16,18-19,21,23,37H,5-9,11,13-15H2,(H2,32,33,34,35)/t16?,18-,19-,23?,26?/m0/s1. The van der Waals surface area contributed by atoms with E-state index in [-0.39, 0.29) is 29.8 Å². The number of rotatable bonds is 8. The number of anilines is 2. The second kappa shape index (κ2) is 9.58. The molecule has 3 N–H and O–H groups in total. The van der Waals surface area contributed by atoms with Crippen molar-refractivity contribution >= 4 is 11.8 Å². The molecule has 38 heavy (non-hydrogen) atoms. The number of β-amino-alcohol motifs (C(OH)–C–C–N with tert-alkyl or cyclic N) is 1. The molecule has 2 aromatic rings. The first-order chi connectivity index (χ1) is 18.2. The number of nitriles is 1. The molecule has 202 valence electrons. The van der Waals surface area contributed by atoms with Crippen LogP contribution in [0, 0.1) is 34.5 Å². The van der Waals surface area contributed by atoms with Gasteiger partial charge in [0.2, 0.25) is 5.95 Å². The Kier molecular flexibility index (Phi) is 6.35. The number of aliphatic hydroxyl groups is 1. The average molecular weight is 529 g/mol. The third kappa shape index (κ3) is 4.99. The Morgan fingerprint density at radius 3 is 2.55 bits per heavy atom. The van der Waals surface area contributed by atoms with E-state index in [1.807, 2.05) is 0 Å². The van der Waals surface area contributed by atoms with Gasteiger partial charge in [-0.05, 0) is 61.3 Å². The Hall–Kier alpha value is -3.10. The van der Waals surface area contributed by atoms with Crippen molar-refractivity contribution < 1.29 is 23.0 Å². The molecular formula is C27H31F3N6O2. The SMILES string of the molecule is N#Cc1cnc(NCc2ccccc2OC(F)(F)F)nc1NCC12CC3C[C@@H](C1)C(N1CC(O)C1)[C@@H](C3)C2. The van der Waals surface area contributed by atoms with E-state index in [4.69, 9.17) is 0 Å². The molecule has 0 amide bonds. The zero-order valence-electron chi connectivity index (χ0n) is 20.9. The van der Waals surface area contributed by atoms with Gasteiger partial charge in [0.25, 0.3) is 0 Å². The van der Waals surface area contributed by atoms with Crippen LogP contribution in [0.15, 0.2) is 30.5 Å². The van der Waals surface area contributed by atoms with Crippen LogP contribution in [0.1, 0.15) is 43.2 Å². The number of hydrogen-bond acceptors (Lipinski definition) is 8. The van der Waals surface area contributed by atoms with E-state index in [9.17, 15) is 23.5 Å². The lowest BCUT2D eigenvalue weighted by atomic mass is 9.47. The fourth-order valence-corrected chi connectivity index (χ4v) is 7.71. The van der Waals surface area contributed by atoms with Gasteiger partial charge < -0.3 is 20.5 Å². The van der Waals surface area contributed by atoms with E-state index in [1.165, 1.54) is 43.7 Å². The number of benzene rings is 1. The summed E-state index contributed by atoms with van der Waals surface area (Å²) >= 11 is 0. The van der Waals surface area contributed by atoms with Gasteiger partial charge in [-0.15, -0.1) is 13.2 Å². The van der Waals surface area contributed by atoms with Gasteiger partial charge >= 0.3 is 6.36 Å². The molecular weight excluding hydrogens is 497 g/mol. The van der Waals surface area contributed by atoms with Crippen LogP contribution in [-0.2, 0) is 6.54 Å². The minimum atomic E-state index is -4.79. The number of alkyl halides is 3. The molecule has 5 fully saturated rings. The van der Waals surface area contributed by atoms with Crippen LogP contribution < -0.4 is 15.4 Å². The summed E-state index contributed by atoms with van der Waals surface area (Å²) in [6.45, 7) is 2.34. The average Bonchev–Trinajstić information content (AvgIpc) is 2.84. The molecule has 0 radical (unpaired) electrons. The summed E-state index contributed by atoms with van der Waals surface area (Å²) in [4.78, 5) is 11.2. The summed E-state index contributed by atoms with van der Waals surface area (Å²) in [5.74, 6) is 2.39. The number of hydrogen-bond donors (Lipinski definition) is 3. The van der Waals surface area contributed by atoms with Crippen molar-refractivity contribution in [3.8, 4) is 11.8 Å². The molecule has 2 heterocycles. The highest BCUT2D eigenvalue weighted by molar-refractivity contribution is 5.53. The van der Waals surface area contributed by atoms with Gasteiger partial charge in [0, 0.05) is 37.8 Å². The molecule has 11 heteroatoms. The largest absolute Gasteiger partial charge is 0.573 e. The van der Waals surface area contributed by atoms with E-state index < -0.39 is 6.36 Å². The first-order valence-corrected chi connectivity index (χ1v) is 13.2.